The molecule has 0 aliphatic carbocycles. The molecule has 3 aromatic rings. The number of aromatic nitrogens is 2. The van der Waals surface area contributed by atoms with Gasteiger partial charge in [-0.1, -0.05) is 30.3 Å². The third-order valence-corrected chi connectivity index (χ3v) is 5.15. The predicted octanol–water partition coefficient (Wildman–Crippen LogP) is 2.90. The first-order valence-corrected chi connectivity index (χ1v) is 9.08. The van der Waals surface area contributed by atoms with Crippen LogP contribution in [0, 0.1) is 6.92 Å². The van der Waals surface area contributed by atoms with Crippen molar-refractivity contribution in [2.75, 3.05) is 14.1 Å². The van der Waals surface area contributed by atoms with Gasteiger partial charge in [0.05, 0.1) is 23.6 Å². The Labute approximate surface area is 158 Å². The molecule has 0 unspecified atom stereocenters. The van der Waals surface area contributed by atoms with Gasteiger partial charge < -0.3 is 14.7 Å². The number of benzene rings is 1. The Morgan fingerprint density at radius 2 is 2.07 bits per heavy atom. The highest BCUT2D eigenvalue weighted by Crippen LogP contribution is 2.40. The number of hydrogen-bond donors (Lipinski definition) is 1. The number of hydrogen-bond acceptors (Lipinski definition) is 4. The Morgan fingerprint density at radius 1 is 1.33 bits per heavy atom. The van der Waals surface area contributed by atoms with E-state index >= 15 is 0 Å². The summed E-state index contributed by atoms with van der Waals surface area (Å²) in [4.78, 5) is 19.0. The van der Waals surface area contributed by atoms with Crippen LogP contribution >= 0.6 is 0 Å². The lowest BCUT2D eigenvalue weighted by atomic mass is 9.95. The summed E-state index contributed by atoms with van der Waals surface area (Å²) in [5, 5.41) is 9.78. The molecule has 6 nitrogen and oxygen atoms in total. The van der Waals surface area contributed by atoms with Gasteiger partial charge in [0.2, 0.25) is 0 Å². The number of imidazole rings is 1. The van der Waals surface area contributed by atoms with E-state index in [0.29, 0.717) is 22.7 Å². The molecular weight excluding hydrogens is 342 g/mol. The molecule has 1 aliphatic heterocycles. The van der Waals surface area contributed by atoms with Crippen molar-refractivity contribution >= 4 is 11.6 Å². The lowest BCUT2D eigenvalue weighted by molar-refractivity contribution is 0.0822. The molecule has 0 spiro atoms. The highest BCUT2D eigenvalue weighted by atomic mass is 16.5. The number of aliphatic hydroxyl groups is 1. The van der Waals surface area contributed by atoms with Crippen molar-refractivity contribution in [3.8, 4) is 5.75 Å². The van der Waals surface area contributed by atoms with Crippen LogP contribution in [-0.2, 0) is 13.0 Å². The number of aryl methyl sites for hydroxylation is 1. The summed E-state index contributed by atoms with van der Waals surface area (Å²) < 4.78 is 8.17. The fourth-order valence-corrected chi connectivity index (χ4v) is 3.71. The summed E-state index contributed by atoms with van der Waals surface area (Å²) >= 11 is 0. The first kappa shape index (κ1) is 17.5. The summed E-state index contributed by atoms with van der Waals surface area (Å²) in [7, 11) is 3.48. The normalized spacial score (nSPS) is 16.1. The second-order valence-electron chi connectivity index (χ2n) is 7.10. The molecule has 2 aromatic heterocycles. The molecule has 1 aromatic carbocycles. The summed E-state index contributed by atoms with van der Waals surface area (Å²) in [6.45, 7) is 1.71. The number of rotatable bonds is 3. The van der Waals surface area contributed by atoms with Crippen LogP contribution in [0.15, 0.2) is 36.5 Å². The van der Waals surface area contributed by atoms with Crippen molar-refractivity contribution in [3.63, 3.8) is 0 Å². The topological polar surface area (TPSA) is 67.1 Å². The minimum absolute atomic E-state index is 0.0786. The Kier molecular flexibility index (Phi) is 4.36. The molecule has 4 rings (SSSR count). The van der Waals surface area contributed by atoms with E-state index in [2.05, 4.69) is 17.1 Å². The molecule has 1 N–H and O–H groups in total. The van der Waals surface area contributed by atoms with E-state index in [1.54, 1.807) is 29.6 Å². The maximum absolute atomic E-state index is 12.8. The molecular formula is C21H23N3O3. The van der Waals surface area contributed by atoms with Crippen molar-refractivity contribution in [1.29, 1.82) is 0 Å². The Bertz CT molecular complexity index is 1010. The molecule has 0 saturated heterocycles. The highest BCUT2D eigenvalue weighted by molar-refractivity contribution is 5.96. The molecule has 27 heavy (non-hydrogen) atoms. The fraction of sp³-hybridized carbons (Fsp3) is 0.333. The van der Waals surface area contributed by atoms with Crippen molar-refractivity contribution in [1.82, 2.24) is 14.3 Å². The quantitative estimate of drug-likeness (QED) is 0.775. The van der Waals surface area contributed by atoms with Crippen LogP contribution in [-0.4, -0.2) is 39.4 Å². The van der Waals surface area contributed by atoms with Gasteiger partial charge in [-0.2, -0.15) is 0 Å². The molecule has 1 amide bonds. The number of nitrogens with zero attached hydrogens (tertiary/aromatic N) is 3. The average molecular weight is 365 g/mol. The zero-order chi connectivity index (χ0) is 19.1. The van der Waals surface area contributed by atoms with E-state index in [4.69, 9.17) is 4.74 Å². The minimum atomic E-state index is -0.149. The van der Waals surface area contributed by atoms with Gasteiger partial charge in [-0.3, -0.25) is 9.20 Å². The van der Waals surface area contributed by atoms with Gasteiger partial charge in [0.25, 0.3) is 5.91 Å². The number of carbonyl (C=O) groups is 1. The molecule has 6 heteroatoms. The molecule has 0 fully saturated rings. The van der Waals surface area contributed by atoms with Crippen LogP contribution in [0.5, 0.6) is 5.75 Å². The van der Waals surface area contributed by atoms with Gasteiger partial charge in [0.15, 0.2) is 11.4 Å². The number of fused-ring (bicyclic) bond motifs is 3. The zero-order valence-corrected chi connectivity index (χ0v) is 15.8. The Balaban J connectivity index is 1.92. The smallest absolute Gasteiger partial charge is 0.255 e. The van der Waals surface area contributed by atoms with Gasteiger partial charge in [0.1, 0.15) is 6.10 Å². The molecule has 1 aliphatic rings. The number of carbonyl (C=O) groups excluding carboxylic acids is 1. The van der Waals surface area contributed by atoms with Crippen LogP contribution in [0.3, 0.4) is 0 Å². The first-order valence-electron chi connectivity index (χ1n) is 9.08. The second-order valence-corrected chi connectivity index (χ2v) is 7.10. The van der Waals surface area contributed by atoms with Crippen molar-refractivity contribution in [2.24, 2.45) is 0 Å². The molecule has 0 radical (unpaired) electrons. The van der Waals surface area contributed by atoms with Crippen LogP contribution in [0.2, 0.25) is 0 Å². The van der Waals surface area contributed by atoms with Crippen molar-refractivity contribution in [3.05, 3.63) is 64.6 Å². The molecule has 140 valence electrons. The van der Waals surface area contributed by atoms with E-state index < -0.39 is 0 Å². The zero-order valence-electron chi connectivity index (χ0n) is 15.8. The van der Waals surface area contributed by atoms with E-state index in [1.807, 2.05) is 25.1 Å². The van der Waals surface area contributed by atoms with Crippen molar-refractivity contribution < 1.29 is 14.6 Å². The Hall–Kier alpha value is -2.86. The number of pyridine rings is 1. The Morgan fingerprint density at radius 3 is 2.74 bits per heavy atom. The third-order valence-electron chi connectivity index (χ3n) is 5.15. The van der Waals surface area contributed by atoms with Crippen LogP contribution < -0.4 is 4.74 Å². The maximum Gasteiger partial charge on any atom is 0.255 e. The first-order chi connectivity index (χ1) is 13.0. The van der Waals surface area contributed by atoms with Crippen LogP contribution in [0.25, 0.3) is 5.65 Å². The van der Waals surface area contributed by atoms with E-state index in [0.717, 1.165) is 29.7 Å². The number of amides is 1. The standard InChI is InChI=1S/C21H23N3O3/c1-13-17(12-25)24-11-16(21(26)23(2)3)15-9-10-18(14-7-5-4-6-8-14)27-19(15)20(24)22-13/h4-8,11,18,25H,9-10,12H2,1-3H3/t18-/m0/s1. The van der Waals surface area contributed by atoms with Gasteiger partial charge in [-0.15, -0.1) is 0 Å². The maximum atomic E-state index is 12.8. The lowest BCUT2D eigenvalue weighted by Gasteiger charge is -2.28. The number of aliphatic hydroxyl groups excluding tert-OH is 1. The summed E-state index contributed by atoms with van der Waals surface area (Å²) in [6.07, 6.45) is 3.24. The molecule has 0 saturated carbocycles. The fourth-order valence-electron chi connectivity index (χ4n) is 3.71. The van der Waals surface area contributed by atoms with Gasteiger partial charge in [0, 0.05) is 25.9 Å². The van der Waals surface area contributed by atoms with Crippen molar-refractivity contribution in [2.45, 2.75) is 32.5 Å². The van der Waals surface area contributed by atoms with Crippen LogP contribution in [0.4, 0.5) is 0 Å². The number of ether oxygens (including phenoxy) is 1. The summed E-state index contributed by atoms with van der Waals surface area (Å²) in [5.41, 5.74) is 4.66. The molecule has 1 atom stereocenters. The van der Waals surface area contributed by atoms with Gasteiger partial charge in [-0.25, -0.2) is 4.98 Å². The molecule has 3 heterocycles. The monoisotopic (exact) mass is 365 g/mol. The molecule has 0 bridgehead atoms. The van der Waals surface area contributed by atoms with E-state index in [1.165, 1.54) is 0 Å². The highest BCUT2D eigenvalue weighted by Gasteiger charge is 2.30. The van der Waals surface area contributed by atoms with Crippen LogP contribution in [0.1, 0.15) is 45.4 Å². The second kappa shape index (κ2) is 6.70. The summed E-state index contributed by atoms with van der Waals surface area (Å²) in [6, 6.07) is 10.1. The van der Waals surface area contributed by atoms with Gasteiger partial charge >= 0.3 is 0 Å². The SMILES string of the molecule is Cc1nc2c3c(c(C(=O)N(C)C)cn2c1CO)CC[C@@H](c1ccccc1)O3. The predicted molar refractivity (Wildman–Crippen MR) is 102 cm³/mol. The average Bonchev–Trinajstić information content (AvgIpc) is 3.02. The third kappa shape index (κ3) is 2.86. The van der Waals surface area contributed by atoms with Gasteiger partial charge in [-0.05, 0) is 25.3 Å². The largest absolute Gasteiger partial charge is 0.481 e. The summed E-state index contributed by atoms with van der Waals surface area (Å²) in [5.74, 6) is 0.566. The van der Waals surface area contributed by atoms with E-state index in [-0.39, 0.29) is 18.6 Å². The minimum Gasteiger partial charge on any atom is -0.481 e. The van der Waals surface area contributed by atoms with E-state index in [9.17, 15) is 9.90 Å². The lowest BCUT2D eigenvalue weighted by Crippen LogP contribution is -2.26.